The summed E-state index contributed by atoms with van der Waals surface area (Å²) in [6.07, 6.45) is 0.864. The maximum atomic E-state index is 11.3. The molecule has 0 aliphatic carbocycles. The monoisotopic (exact) mass is 288 g/mol. The third-order valence-corrected chi connectivity index (χ3v) is 10.1. The van der Waals surface area contributed by atoms with E-state index in [2.05, 4.69) is 46.2 Å². The molecule has 0 aliphatic heterocycles. The number of carbonyl (C=O) groups is 1. The molecule has 0 saturated carbocycles. The van der Waals surface area contributed by atoms with Crippen LogP contribution in [0.25, 0.3) is 0 Å². The molecule has 0 rings (SSSR count). The van der Waals surface area contributed by atoms with Crippen LogP contribution in [0.3, 0.4) is 0 Å². The molecule has 106 valence electrons. The first-order valence-electron chi connectivity index (χ1n) is 6.48. The van der Waals surface area contributed by atoms with E-state index in [0.717, 1.165) is 6.42 Å². The van der Waals surface area contributed by atoms with Gasteiger partial charge in [0, 0.05) is 5.57 Å². The Morgan fingerprint density at radius 2 is 1.72 bits per heavy atom. The van der Waals surface area contributed by atoms with Gasteiger partial charge in [0.15, 0.2) is 16.6 Å². The average molecular weight is 289 g/mol. The Hall–Kier alpha value is -0.396. The molecular weight excluding hydrogens is 260 g/mol. The van der Waals surface area contributed by atoms with Crippen molar-refractivity contribution in [3.05, 3.63) is 12.2 Å². The predicted octanol–water partition coefficient (Wildman–Crippen LogP) is 3.94. The number of ether oxygens (including phenoxy) is 1. The molecule has 0 aliphatic rings. The summed E-state index contributed by atoms with van der Waals surface area (Å²) in [5.41, 5.74) is 0.930. The number of hydrogen-bond acceptors (Lipinski definition) is 3. The minimum absolute atomic E-state index is 0.298. The van der Waals surface area contributed by atoms with Gasteiger partial charge in [-0.05, 0) is 51.6 Å². The summed E-state index contributed by atoms with van der Waals surface area (Å²) < 4.78 is 11.5. The Labute approximate surface area is 114 Å². The van der Waals surface area contributed by atoms with Crippen LogP contribution in [0.1, 0.15) is 20.3 Å². The average Bonchev–Trinajstić information content (AvgIpc) is 2.13. The molecule has 0 radical (unpaired) electrons. The smallest absolute Gasteiger partial charge is 0.333 e. The molecular formula is C13H28O3Si2. The van der Waals surface area contributed by atoms with Gasteiger partial charge in [-0.2, -0.15) is 0 Å². The predicted molar refractivity (Wildman–Crippen MR) is 81.7 cm³/mol. The molecule has 5 heteroatoms. The van der Waals surface area contributed by atoms with Crippen LogP contribution >= 0.6 is 0 Å². The SMILES string of the molecule is C=C(C)C(=O)OCCC(C)[Si](C)(C)O[Si](C)(C)C. The number of rotatable bonds is 7. The summed E-state index contributed by atoms with van der Waals surface area (Å²) in [6, 6.07) is 0. The molecule has 3 nitrogen and oxygen atoms in total. The lowest BCUT2D eigenvalue weighted by molar-refractivity contribution is -0.139. The van der Waals surface area contributed by atoms with Crippen molar-refractivity contribution in [1.29, 1.82) is 0 Å². The Morgan fingerprint density at radius 1 is 1.22 bits per heavy atom. The van der Waals surface area contributed by atoms with E-state index in [1.807, 2.05) is 0 Å². The first-order valence-corrected chi connectivity index (χ1v) is 12.9. The summed E-state index contributed by atoms with van der Waals surface area (Å²) in [7, 11) is -3.19. The molecule has 1 atom stereocenters. The molecule has 0 aromatic carbocycles. The molecule has 0 N–H and O–H groups in total. The fourth-order valence-electron chi connectivity index (χ4n) is 1.69. The molecule has 18 heavy (non-hydrogen) atoms. The molecule has 0 saturated heterocycles. The fraction of sp³-hybridized carbons (Fsp3) is 0.769. The van der Waals surface area contributed by atoms with Gasteiger partial charge in [0.2, 0.25) is 0 Å². The van der Waals surface area contributed by atoms with Crippen LogP contribution in [0.15, 0.2) is 12.2 Å². The van der Waals surface area contributed by atoms with Gasteiger partial charge in [-0.15, -0.1) is 0 Å². The zero-order chi connectivity index (χ0) is 14.6. The van der Waals surface area contributed by atoms with Gasteiger partial charge in [0.05, 0.1) is 6.61 Å². The van der Waals surface area contributed by atoms with E-state index in [-0.39, 0.29) is 5.97 Å². The zero-order valence-electron chi connectivity index (χ0n) is 12.9. The molecule has 0 aromatic heterocycles. The minimum atomic E-state index is -1.69. The normalized spacial score (nSPS) is 14.2. The summed E-state index contributed by atoms with van der Waals surface area (Å²) in [4.78, 5) is 11.3. The highest BCUT2D eigenvalue weighted by Gasteiger charge is 2.34. The highest BCUT2D eigenvalue weighted by molar-refractivity contribution is 6.84. The topological polar surface area (TPSA) is 35.5 Å². The van der Waals surface area contributed by atoms with Crippen molar-refractivity contribution in [2.45, 2.75) is 58.5 Å². The van der Waals surface area contributed by atoms with Crippen molar-refractivity contribution in [2.75, 3.05) is 6.61 Å². The summed E-state index contributed by atoms with van der Waals surface area (Å²) in [5.74, 6) is -0.298. The molecule has 0 spiro atoms. The van der Waals surface area contributed by atoms with Crippen LogP contribution in [0.4, 0.5) is 0 Å². The van der Waals surface area contributed by atoms with E-state index in [1.54, 1.807) is 6.92 Å². The highest BCUT2D eigenvalue weighted by Crippen LogP contribution is 2.29. The van der Waals surface area contributed by atoms with Crippen molar-refractivity contribution < 1.29 is 13.6 Å². The van der Waals surface area contributed by atoms with Crippen molar-refractivity contribution in [1.82, 2.24) is 0 Å². The van der Waals surface area contributed by atoms with E-state index in [9.17, 15) is 4.79 Å². The van der Waals surface area contributed by atoms with Gasteiger partial charge in [-0.1, -0.05) is 13.5 Å². The number of hydrogen-bond donors (Lipinski definition) is 0. The van der Waals surface area contributed by atoms with Gasteiger partial charge >= 0.3 is 5.97 Å². The van der Waals surface area contributed by atoms with Crippen LogP contribution in [-0.2, 0) is 13.6 Å². The van der Waals surface area contributed by atoms with Crippen LogP contribution in [0.2, 0.25) is 38.3 Å². The molecule has 0 aromatic rings. The summed E-state index contributed by atoms with van der Waals surface area (Å²) in [6.45, 7) is 19.0. The lowest BCUT2D eigenvalue weighted by Gasteiger charge is -2.36. The summed E-state index contributed by atoms with van der Waals surface area (Å²) >= 11 is 0. The van der Waals surface area contributed by atoms with Crippen LogP contribution in [0.5, 0.6) is 0 Å². The van der Waals surface area contributed by atoms with E-state index < -0.39 is 16.6 Å². The highest BCUT2D eigenvalue weighted by atomic mass is 28.4. The van der Waals surface area contributed by atoms with E-state index in [1.165, 1.54) is 0 Å². The second-order valence-electron chi connectivity index (χ2n) is 6.42. The van der Waals surface area contributed by atoms with Gasteiger partial charge in [-0.25, -0.2) is 4.79 Å². The lowest BCUT2D eigenvalue weighted by atomic mass is 10.3. The zero-order valence-corrected chi connectivity index (χ0v) is 14.9. The first-order chi connectivity index (χ1) is 7.96. The van der Waals surface area contributed by atoms with Gasteiger partial charge in [0.25, 0.3) is 0 Å². The largest absolute Gasteiger partial charge is 0.462 e. The van der Waals surface area contributed by atoms with E-state index >= 15 is 0 Å². The maximum Gasteiger partial charge on any atom is 0.333 e. The van der Waals surface area contributed by atoms with Gasteiger partial charge in [0.1, 0.15) is 0 Å². The standard InChI is InChI=1S/C13H28O3Si2/c1-11(2)13(14)15-10-9-12(3)18(7,8)16-17(4,5)6/h12H,1,9-10H2,2-8H3. The van der Waals surface area contributed by atoms with E-state index in [0.29, 0.717) is 17.7 Å². The van der Waals surface area contributed by atoms with Crippen molar-refractivity contribution in [3.63, 3.8) is 0 Å². The third kappa shape index (κ3) is 7.13. The Bertz CT molecular complexity index is 306. The Morgan fingerprint density at radius 3 is 2.11 bits per heavy atom. The molecule has 0 bridgehead atoms. The first kappa shape index (κ1) is 17.6. The summed E-state index contributed by atoms with van der Waals surface area (Å²) in [5, 5.41) is 0. The number of esters is 1. The Kier molecular flexibility index (Phi) is 6.53. The Balaban J connectivity index is 4.19. The number of carbonyl (C=O) groups excluding carboxylic acids is 1. The fourth-order valence-corrected chi connectivity index (χ4v) is 9.62. The minimum Gasteiger partial charge on any atom is -0.462 e. The van der Waals surface area contributed by atoms with Gasteiger partial charge < -0.3 is 8.85 Å². The molecule has 0 fully saturated rings. The third-order valence-electron chi connectivity index (χ3n) is 2.89. The second-order valence-corrected chi connectivity index (χ2v) is 15.7. The lowest BCUT2D eigenvalue weighted by Crippen LogP contribution is -2.45. The molecule has 0 amide bonds. The quantitative estimate of drug-likeness (QED) is 0.404. The molecule has 1 unspecified atom stereocenters. The van der Waals surface area contributed by atoms with Crippen molar-refractivity contribution in [2.24, 2.45) is 0 Å². The second kappa shape index (κ2) is 6.68. The van der Waals surface area contributed by atoms with Crippen LogP contribution in [-0.4, -0.2) is 29.2 Å². The molecule has 0 heterocycles. The van der Waals surface area contributed by atoms with Gasteiger partial charge in [-0.3, -0.25) is 0 Å². The maximum absolute atomic E-state index is 11.3. The van der Waals surface area contributed by atoms with E-state index in [4.69, 9.17) is 8.85 Å². The van der Waals surface area contributed by atoms with Crippen molar-refractivity contribution >= 4 is 22.6 Å². The van der Waals surface area contributed by atoms with Crippen LogP contribution in [0, 0.1) is 0 Å². The van der Waals surface area contributed by atoms with Crippen LogP contribution < -0.4 is 0 Å². The van der Waals surface area contributed by atoms with Crippen molar-refractivity contribution in [3.8, 4) is 0 Å².